The zero-order valence-electron chi connectivity index (χ0n) is 16.9. The Kier molecular flexibility index (Phi) is 5.54. The van der Waals surface area contributed by atoms with E-state index < -0.39 is 9.84 Å². The lowest BCUT2D eigenvalue weighted by molar-refractivity contribution is -0.106. The van der Waals surface area contributed by atoms with Crippen LogP contribution in [0, 0.1) is 18.3 Å². The largest absolute Gasteiger partial charge is 0.377 e. The van der Waals surface area contributed by atoms with Gasteiger partial charge in [0.05, 0.1) is 17.5 Å². The molecule has 3 rings (SSSR count). The van der Waals surface area contributed by atoms with Crippen molar-refractivity contribution >= 4 is 15.8 Å². The van der Waals surface area contributed by atoms with Crippen molar-refractivity contribution in [3.63, 3.8) is 0 Å². The Balaban J connectivity index is 1.72. The van der Waals surface area contributed by atoms with E-state index in [2.05, 4.69) is 31.4 Å². The van der Waals surface area contributed by atoms with Crippen LogP contribution in [0.1, 0.15) is 38.3 Å². The first-order chi connectivity index (χ1) is 12.6. The highest BCUT2D eigenvalue weighted by molar-refractivity contribution is 7.90. The van der Waals surface area contributed by atoms with Crippen molar-refractivity contribution < 1.29 is 13.2 Å². The van der Waals surface area contributed by atoms with Crippen molar-refractivity contribution in [3.8, 4) is 0 Å². The van der Waals surface area contributed by atoms with Crippen LogP contribution in [0.4, 0.5) is 0 Å². The number of nitrogens with one attached hydrogen (secondary N) is 2. The molecule has 7 heteroatoms. The highest BCUT2D eigenvalue weighted by atomic mass is 32.2. The summed E-state index contributed by atoms with van der Waals surface area (Å²) in [6, 6.07) is 5.75. The maximum atomic E-state index is 11.8. The molecule has 2 N–H and O–H groups in total. The molecule has 1 aliphatic carbocycles. The van der Waals surface area contributed by atoms with E-state index >= 15 is 0 Å². The van der Waals surface area contributed by atoms with Crippen molar-refractivity contribution in [2.75, 3.05) is 19.4 Å². The maximum Gasteiger partial charge on any atom is 0.191 e. The lowest BCUT2D eigenvalue weighted by Gasteiger charge is -2.54. The number of rotatable bonds is 5. The molecule has 0 amide bonds. The zero-order valence-corrected chi connectivity index (χ0v) is 17.7. The van der Waals surface area contributed by atoms with Crippen LogP contribution in [0.15, 0.2) is 28.1 Å². The van der Waals surface area contributed by atoms with Gasteiger partial charge in [0, 0.05) is 36.8 Å². The van der Waals surface area contributed by atoms with E-state index in [9.17, 15) is 8.42 Å². The molecule has 6 nitrogen and oxygen atoms in total. The first-order valence-corrected chi connectivity index (χ1v) is 11.5. The second-order valence-electron chi connectivity index (χ2n) is 8.25. The second-order valence-corrected chi connectivity index (χ2v) is 10.2. The number of guanidine groups is 1. The predicted molar refractivity (Wildman–Crippen MR) is 108 cm³/mol. The summed E-state index contributed by atoms with van der Waals surface area (Å²) in [6.45, 7) is 10.5. The minimum atomic E-state index is -3.20. The minimum Gasteiger partial charge on any atom is -0.377 e. The summed E-state index contributed by atoms with van der Waals surface area (Å²) in [7, 11) is -3.20. The van der Waals surface area contributed by atoms with Crippen molar-refractivity contribution in [1.29, 1.82) is 0 Å². The normalized spacial score (nSPS) is 27.0. The monoisotopic (exact) mass is 393 g/mol. The molecule has 3 atom stereocenters. The van der Waals surface area contributed by atoms with Gasteiger partial charge in [-0.15, -0.1) is 0 Å². The third-order valence-electron chi connectivity index (χ3n) is 5.80. The summed E-state index contributed by atoms with van der Waals surface area (Å²) in [6.07, 6.45) is 2.67. The molecule has 1 heterocycles. The van der Waals surface area contributed by atoms with E-state index in [-0.39, 0.29) is 5.41 Å². The number of fused-ring (bicyclic) bond motifs is 1. The zero-order chi connectivity index (χ0) is 19.8. The fraction of sp³-hybridized carbons (Fsp3) is 0.650. The van der Waals surface area contributed by atoms with Gasteiger partial charge in [-0.1, -0.05) is 26.0 Å². The van der Waals surface area contributed by atoms with Crippen LogP contribution in [-0.2, 0) is 21.1 Å². The lowest BCUT2D eigenvalue weighted by Crippen LogP contribution is -2.67. The maximum absolute atomic E-state index is 11.8. The van der Waals surface area contributed by atoms with Crippen LogP contribution in [0.2, 0.25) is 0 Å². The van der Waals surface area contributed by atoms with Gasteiger partial charge in [0.2, 0.25) is 0 Å². The average molecular weight is 394 g/mol. The van der Waals surface area contributed by atoms with Crippen molar-refractivity contribution in [2.45, 2.75) is 57.7 Å². The Hall–Kier alpha value is -1.60. The van der Waals surface area contributed by atoms with Gasteiger partial charge < -0.3 is 15.4 Å². The summed E-state index contributed by atoms with van der Waals surface area (Å²) >= 11 is 0. The quantitative estimate of drug-likeness (QED) is 0.593. The Bertz CT molecular complexity index is 833. The van der Waals surface area contributed by atoms with Gasteiger partial charge >= 0.3 is 0 Å². The molecular weight excluding hydrogens is 362 g/mol. The molecular formula is C20H31N3O3S. The fourth-order valence-electron chi connectivity index (χ4n) is 4.48. The smallest absolute Gasteiger partial charge is 0.191 e. The van der Waals surface area contributed by atoms with Crippen LogP contribution >= 0.6 is 0 Å². The molecule has 1 saturated carbocycles. The highest BCUT2D eigenvalue weighted by Crippen LogP contribution is 2.52. The first-order valence-electron chi connectivity index (χ1n) is 9.60. The summed E-state index contributed by atoms with van der Waals surface area (Å²) in [4.78, 5) is 5.10. The fourth-order valence-corrected chi connectivity index (χ4v) is 5.44. The predicted octanol–water partition coefficient (Wildman–Crippen LogP) is 2.27. The SMILES string of the molecule is CCNC(=NCc1ccc(S(C)(=O)=O)c(C)c1)NC1C2CCOC2C1(C)C. The molecule has 3 unspecified atom stereocenters. The Morgan fingerprint density at radius 1 is 1.37 bits per heavy atom. The Morgan fingerprint density at radius 3 is 2.74 bits per heavy atom. The van der Waals surface area contributed by atoms with Gasteiger partial charge in [-0.05, 0) is 37.5 Å². The number of ether oxygens (including phenoxy) is 1. The van der Waals surface area contributed by atoms with Crippen molar-refractivity contribution in [3.05, 3.63) is 29.3 Å². The summed E-state index contributed by atoms with van der Waals surface area (Å²) in [5.41, 5.74) is 1.84. The van der Waals surface area contributed by atoms with Gasteiger partial charge in [-0.25, -0.2) is 13.4 Å². The Labute approximate surface area is 162 Å². The number of aryl methyl sites for hydroxylation is 1. The van der Waals surface area contributed by atoms with Gasteiger partial charge in [-0.3, -0.25) is 0 Å². The molecule has 0 bridgehead atoms. The highest BCUT2D eigenvalue weighted by Gasteiger charge is 2.59. The number of hydrogen-bond donors (Lipinski definition) is 2. The van der Waals surface area contributed by atoms with Crippen LogP contribution in [0.5, 0.6) is 0 Å². The molecule has 2 fully saturated rings. The van der Waals surface area contributed by atoms with Gasteiger partial charge in [0.15, 0.2) is 15.8 Å². The molecule has 2 aliphatic rings. The van der Waals surface area contributed by atoms with E-state index in [1.54, 1.807) is 6.07 Å². The lowest BCUT2D eigenvalue weighted by atomic mass is 9.57. The van der Waals surface area contributed by atoms with Crippen LogP contribution in [-0.4, -0.2) is 45.9 Å². The number of sulfone groups is 1. The van der Waals surface area contributed by atoms with E-state index in [0.29, 0.717) is 29.5 Å². The van der Waals surface area contributed by atoms with Gasteiger partial charge in [0.1, 0.15) is 0 Å². The molecule has 1 aliphatic heterocycles. The van der Waals surface area contributed by atoms with Crippen LogP contribution in [0.3, 0.4) is 0 Å². The summed E-state index contributed by atoms with van der Waals surface area (Å²) < 4.78 is 29.4. The number of aliphatic imine (C=N–C) groups is 1. The molecule has 1 aromatic rings. The van der Waals surface area contributed by atoms with E-state index in [0.717, 1.165) is 36.7 Å². The molecule has 150 valence electrons. The third-order valence-corrected chi connectivity index (χ3v) is 7.05. The number of nitrogens with zero attached hydrogens (tertiary/aromatic N) is 1. The van der Waals surface area contributed by atoms with Gasteiger partial charge in [-0.2, -0.15) is 0 Å². The second kappa shape index (κ2) is 7.43. The topological polar surface area (TPSA) is 79.8 Å². The third kappa shape index (κ3) is 3.99. The molecule has 0 radical (unpaired) electrons. The molecule has 0 spiro atoms. The van der Waals surface area contributed by atoms with Crippen LogP contribution in [0.25, 0.3) is 0 Å². The number of benzene rings is 1. The van der Waals surface area contributed by atoms with Crippen molar-refractivity contribution in [2.24, 2.45) is 16.3 Å². The van der Waals surface area contributed by atoms with Gasteiger partial charge in [0.25, 0.3) is 0 Å². The molecule has 27 heavy (non-hydrogen) atoms. The van der Waals surface area contributed by atoms with Crippen LogP contribution < -0.4 is 10.6 Å². The number of hydrogen-bond acceptors (Lipinski definition) is 4. The van der Waals surface area contributed by atoms with E-state index in [1.807, 2.05) is 19.1 Å². The minimum absolute atomic E-state index is 0.0884. The Morgan fingerprint density at radius 2 is 2.11 bits per heavy atom. The standard InChI is InChI=1S/C20H31N3O3S/c1-6-21-19(23-17-15-9-10-26-18(15)20(17,3)4)22-12-14-7-8-16(13(2)11-14)27(5,24)25/h7-8,11,15,17-18H,6,9-10,12H2,1-5H3,(H2,21,22,23). The first kappa shape index (κ1) is 20.1. The molecule has 1 aromatic carbocycles. The summed E-state index contributed by atoms with van der Waals surface area (Å²) in [5.74, 6) is 1.34. The van der Waals surface area contributed by atoms with Crippen molar-refractivity contribution in [1.82, 2.24) is 10.6 Å². The molecule has 0 aromatic heterocycles. The molecule has 1 saturated heterocycles. The van der Waals surface area contributed by atoms with E-state index in [4.69, 9.17) is 9.73 Å². The summed E-state index contributed by atoms with van der Waals surface area (Å²) in [5, 5.41) is 6.92. The van der Waals surface area contributed by atoms with E-state index in [1.165, 1.54) is 6.26 Å². The average Bonchev–Trinajstić information content (AvgIpc) is 3.03.